The lowest BCUT2D eigenvalue weighted by Crippen LogP contribution is -2.01. The van der Waals surface area contributed by atoms with Gasteiger partial charge in [0.1, 0.15) is 0 Å². The van der Waals surface area contributed by atoms with E-state index in [1.54, 1.807) is 0 Å². The summed E-state index contributed by atoms with van der Waals surface area (Å²) in [5, 5.41) is 13.0. The van der Waals surface area contributed by atoms with E-state index in [1.165, 1.54) is 38.6 Å². The molecule has 0 N–H and O–H groups in total. The number of benzene rings is 8. The van der Waals surface area contributed by atoms with Gasteiger partial charge < -0.3 is 0 Å². The van der Waals surface area contributed by atoms with Crippen molar-refractivity contribution >= 4 is 10.8 Å². The van der Waals surface area contributed by atoms with Crippen LogP contribution in [0.4, 0.5) is 0 Å². The lowest BCUT2D eigenvalue weighted by atomic mass is 9.87. The van der Waals surface area contributed by atoms with Crippen LogP contribution in [-0.2, 0) is 0 Å². The van der Waals surface area contributed by atoms with Crippen molar-refractivity contribution in [2.45, 2.75) is 0 Å². The standard InChI is InChI=1S/C50H30N4/c51-31-35-27-26-34(36-18-7-8-19-37(36)41-28-29-44-39-21-10-9-20-38(39)42-24-13-25-43(41)47(42)44)30-46(35)40-22-11-12-23-45(40)50-53-48(32-14-3-1-4-15-32)52-49(54-50)33-16-5-2-6-17-33/h1-30H. The molecule has 8 aromatic carbocycles. The Morgan fingerprint density at radius 1 is 0.315 bits per heavy atom. The predicted octanol–water partition coefficient (Wildman–Crippen LogP) is 12.5. The van der Waals surface area contributed by atoms with Gasteiger partial charge in [0, 0.05) is 22.3 Å². The van der Waals surface area contributed by atoms with E-state index in [9.17, 15) is 5.26 Å². The highest BCUT2D eigenvalue weighted by molar-refractivity contribution is 6.19. The van der Waals surface area contributed by atoms with E-state index in [1.807, 2.05) is 84.9 Å². The zero-order valence-corrected chi connectivity index (χ0v) is 29.1. The van der Waals surface area contributed by atoms with Gasteiger partial charge in [-0.1, -0.05) is 170 Å². The van der Waals surface area contributed by atoms with E-state index in [2.05, 4.69) is 103 Å². The molecule has 1 aliphatic carbocycles. The van der Waals surface area contributed by atoms with Gasteiger partial charge in [0.2, 0.25) is 0 Å². The summed E-state index contributed by atoms with van der Waals surface area (Å²) in [6.07, 6.45) is 0. The van der Waals surface area contributed by atoms with Gasteiger partial charge >= 0.3 is 0 Å². The molecule has 0 spiro atoms. The van der Waals surface area contributed by atoms with Gasteiger partial charge in [-0.05, 0) is 73.0 Å². The summed E-state index contributed by atoms with van der Waals surface area (Å²) >= 11 is 0. The van der Waals surface area contributed by atoms with Crippen molar-refractivity contribution in [3.63, 3.8) is 0 Å². The number of rotatable bonds is 6. The summed E-state index contributed by atoms with van der Waals surface area (Å²) in [4.78, 5) is 15.0. The number of nitriles is 1. The lowest BCUT2D eigenvalue weighted by Gasteiger charge is -2.16. The van der Waals surface area contributed by atoms with Crippen LogP contribution in [0.1, 0.15) is 5.56 Å². The molecular formula is C50H30N4. The normalized spacial score (nSPS) is 11.3. The van der Waals surface area contributed by atoms with Gasteiger partial charge in [-0.15, -0.1) is 0 Å². The van der Waals surface area contributed by atoms with Crippen LogP contribution in [-0.4, -0.2) is 15.0 Å². The van der Waals surface area contributed by atoms with Crippen molar-refractivity contribution in [3.05, 3.63) is 188 Å². The van der Waals surface area contributed by atoms with E-state index < -0.39 is 0 Å². The highest BCUT2D eigenvalue weighted by Gasteiger charge is 2.23. The summed E-state index contributed by atoms with van der Waals surface area (Å²) in [5.74, 6) is 1.72. The molecule has 9 aromatic rings. The molecule has 0 saturated carbocycles. The van der Waals surface area contributed by atoms with Gasteiger partial charge in [0.25, 0.3) is 0 Å². The Hall–Kier alpha value is -7.48. The zero-order chi connectivity index (χ0) is 36.0. The van der Waals surface area contributed by atoms with E-state index in [-0.39, 0.29) is 0 Å². The lowest BCUT2D eigenvalue weighted by molar-refractivity contribution is 1.07. The van der Waals surface area contributed by atoms with Gasteiger partial charge in [-0.2, -0.15) is 5.26 Å². The van der Waals surface area contributed by atoms with Crippen molar-refractivity contribution in [2.24, 2.45) is 0 Å². The van der Waals surface area contributed by atoms with Crippen molar-refractivity contribution < 1.29 is 0 Å². The number of fused-ring (bicyclic) bond motifs is 3. The summed E-state index contributed by atoms with van der Waals surface area (Å²) in [6, 6.07) is 65.0. The van der Waals surface area contributed by atoms with E-state index in [0.717, 1.165) is 44.5 Å². The first-order chi connectivity index (χ1) is 26.7. The molecule has 54 heavy (non-hydrogen) atoms. The third-order valence-electron chi connectivity index (χ3n) is 10.4. The molecule has 0 radical (unpaired) electrons. The average molecular weight is 687 g/mol. The molecule has 250 valence electrons. The maximum absolute atomic E-state index is 10.5. The van der Waals surface area contributed by atoms with Crippen LogP contribution in [0.2, 0.25) is 0 Å². The fraction of sp³-hybridized carbons (Fsp3) is 0. The van der Waals surface area contributed by atoms with Crippen LogP contribution in [0.3, 0.4) is 0 Å². The van der Waals surface area contributed by atoms with Crippen LogP contribution in [0.15, 0.2) is 182 Å². The summed E-state index contributed by atoms with van der Waals surface area (Å²) in [7, 11) is 0. The zero-order valence-electron chi connectivity index (χ0n) is 29.1. The maximum Gasteiger partial charge on any atom is 0.164 e. The summed E-state index contributed by atoms with van der Waals surface area (Å²) < 4.78 is 0. The second-order valence-corrected chi connectivity index (χ2v) is 13.4. The quantitative estimate of drug-likeness (QED) is 0.175. The molecule has 0 fully saturated rings. The van der Waals surface area contributed by atoms with Gasteiger partial charge in [-0.3, -0.25) is 0 Å². The van der Waals surface area contributed by atoms with Crippen molar-refractivity contribution in [3.8, 4) is 95.9 Å². The van der Waals surface area contributed by atoms with Gasteiger partial charge in [0.15, 0.2) is 17.5 Å². The Bertz CT molecular complexity index is 2860. The molecule has 1 heterocycles. The van der Waals surface area contributed by atoms with Crippen LogP contribution in [0.5, 0.6) is 0 Å². The first kappa shape index (κ1) is 31.3. The molecule has 4 heteroatoms. The molecular weight excluding hydrogens is 657 g/mol. The topological polar surface area (TPSA) is 62.5 Å². The summed E-state index contributed by atoms with van der Waals surface area (Å²) in [5.41, 5.74) is 14.4. The van der Waals surface area contributed by atoms with Crippen LogP contribution in [0.25, 0.3) is 101 Å². The van der Waals surface area contributed by atoms with Crippen molar-refractivity contribution in [1.82, 2.24) is 15.0 Å². The Balaban J connectivity index is 1.14. The smallest absolute Gasteiger partial charge is 0.164 e. The number of aromatic nitrogens is 3. The molecule has 1 aromatic heterocycles. The van der Waals surface area contributed by atoms with E-state index in [4.69, 9.17) is 15.0 Å². The maximum atomic E-state index is 10.5. The molecule has 10 rings (SSSR count). The monoisotopic (exact) mass is 686 g/mol. The minimum atomic E-state index is 0.543. The minimum absolute atomic E-state index is 0.543. The summed E-state index contributed by atoms with van der Waals surface area (Å²) in [6.45, 7) is 0. The first-order valence-electron chi connectivity index (χ1n) is 18.0. The fourth-order valence-corrected chi connectivity index (χ4v) is 7.89. The van der Waals surface area contributed by atoms with E-state index >= 15 is 0 Å². The molecule has 0 bridgehead atoms. The molecule has 0 aliphatic heterocycles. The minimum Gasteiger partial charge on any atom is -0.208 e. The van der Waals surface area contributed by atoms with Crippen LogP contribution in [0, 0.1) is 11.3 Å². The third-order valence-corrected chi connectivity index (χ3v) is 10.4. The highest BCUT2D eigenvalue weighted by atomic mass is 15.0. The Labute approximate surface area is 313 Å². The fourth-order valence-electron chi connectivity index (χ4n) is 7.89. The Morgan fingerprint density at radius 2 is 0.778 bits per heavy atom. The molecule has 0 saturated heterocycles. The third kappa shape index (κ3) is 5.19. The second kappa shape index (κ2) is 12.9. The van der Waals surface area contributed by atoms with Crippen LogP contribution >= 0.6 is 0 Å². The Kier molecular flexibility index (Phi) is 7.49. The SMILES string of the molecule is N#Cc1ccc(-c2ccccc2-c2ccc3c4c(cccc24)-c2ccccc2-3)cc1-c1ccccc1-c1nc(-c2ccccc2)nc(-c2ccccc2)n1. The van der Waals surface area contributed by atoms with E-state index in [0.29, 0.717) is 23.0 Å². The van der Waals surface area contributed by atoms with Gasteiger partial charge in [-0.25, -0.2) is 15.0 Å². The molecule has 1 aliphatic rings. The average Bonchev–Trinajstić information content (AvgIpc) is 3.59. The number of hydrogen-bond donors (Lipinski definition) is 0. The molecule has 0 unspecified atom stereocenters. The Morgan fingerprint density at radius 3 is 1.39 bits per heavy atom. The second-order valence-electron chi connectivity index (χ2n) is 13.4. The molecule has 0 amide bonds. The number of hydrogen-bond acceptors (Lipinski definition) is 4. The van der Waals surface area contributed by atoms with Crippen LogP contribution < -0.4 is 0 Å². The largest absolute Gasteiger partial charge is 0.208 e. The molecule has 0 atom stereocenters. The highest BCUT2D eigenvalue weighted by Crippen LogP contribution is 2.50. The first-order valence-corrected chi connectivity index (χ1v) is 18.0. The van der Waals surface area contributed by atoms with Crippen molar-refractivity contribution in [2.75, 3.05) is 0 Å². The van der Waals surface area contributed by atoms with Gasteiger partial charge in [0.05, 0.1) is 11.6 Å². The predicted molar refractivity (Wildman–Crippen MR) is 219 cm³/mol. The molecule has 4 nitrogen and oxygen atoms in total. The number of nitrogens with zero attached hydrogens (tertiary/aromatic N) is 4. The van der Waals surface area contributed by atoms with Crippen molar-refractivity contribution in [1.29, 1.82) is 5.26 Å².